The van der Waals surface area contributed by atoms with Gasteiger partial charge in [-0.25, -0.2) is 9.97 Å². The van der Waals surface area contributed by atoms with Gasteiger partial charge in [0.25, 0.3) is 0 Å². The molecule has 3 aromatic heterocycles. The van der Waals surface area contributed by atoms with Gasteiger partial charge >= 0.3 is 0 Å². The van der Waals surface area contributed by atoms with Crippen LogP contribution in [0.1, 0.15) is 0 Å². The predicted octanol–water partition coefficient (Wildman–Crippen LogP) is 10.6. The molecule has 0 saturated carbocycles. The molecule has 4 nitrogen and oxygen atoms in total. The van der Waals surface area contributed by atoms with Gasteiger partial charge in [-0.05, 0) is 87.6 Å². The molecule has 0 atom stereocenters. The van der Waals surface area contributed by atoms with E-state index in [1.54, 1.807) is 0 Å². The molecule has 0 bridgehead atoms. The summed E-state index contributed by atoms with van der Waals surface area (Å²) in [5, 5.41) is 6.28. The summed E-state index contributed by atoms with van der Waals surface area (Å²) in [7, 11) is 0. The lowest BCUT2D eigenvalue weighted by Crippen LogP contribution is -1.97. The molecule has 3 heterocycles. The van der Waals surface area contributed by atoms with Crippen molar-refractivity contribution >= 4 is 65.7 Å². The zero-order valence-electron chi connectivity index (χ0n) is 24.6. The third-order valence-electron chi connectivity index (χ3n) is 9.82. The lowest BCUT2D eigenvalue weighted by Gasteiger charge is -2.14. The van der Waals surface area contributed by atoms with E-state index in [2.05, 4.69) is 130 Å². The van der Waals surface area contributed by atoms with E-state index >= 15 is 0 Å². The van der Waals surface area contributed by atoms with Crippen molar-refractivity contribution in [3.63, 3.8) is 0 Å². The molecule has 0 unspecified atom stereocenters. The number of aromatic nitrogens is 4. The van der Waals surface area contributed by atoms with Gasteiger partial charge in [0.05, 0.1) is 27.6 Å². The summed E-state index contributed by atoms with van der Waals surface area (Å²) in [4.78, 5) is 10.4. The van der Waals surface area contributed by atoms with Gasteiger partial charge in [0.1, 0.15) is 5.52 Å². The molecule has 4 heteroatoms. The standard InChI is InChI=1S/C42H24N4/c1-2-11-26(12-3-1)46-35-23-21-27(24-32(35)41-42(46)44-34-18-7-6-17-33(34)43-41)45-36-19-9-16-31-29-14-5-4-13-28(29)30-15-8-10-25-20-22-37(45)40(38(25)30)39(31)36/h1-24H. The van der Waals surface area contributed by atoms with Gasteiger partial charge in [-0.3, -0.25) is 4.57 Å². The SMILES string of the molecule is c1ccc(-n2c3ccc(-n4c5cccc6c5c5c7c(cccc7ccc54)-c4ccccc4-6)cc3c3nc4ccccc4nc32)cc1. The van der Waals surface area contributed by atoms with E-state index in [0.717, 1.165) is 44.5 Å². The number of fused-ring (bicyclic) bond motifs is 7. The number of benzene rings is 7. The maximum Gasteiger partial charge on any atom is 0.165 e. The fourth-order valence-electron chi connectivity index (χ4n) is 7.93. The number of hydrogen-bond donors (Lipinski definition) is 0. The van der Waals surface area contributed by atoms with Gasteiger partial charge in [0, 0.05) is 27.5 Å². The van der Waals surface area contributed by atoms with E-state index < -0.39 is 0 Å². The van der Waals surface area contributed by atoms with Crippen LogP contribution in [0.5, 0.6) is 0 Å². The highest BCUT2D eigenvalue weighted by Crippen LogP contribution is 2.49. The first kappa shape index (κ1) is 24.1. The summed E-state index contributed by atoms with van der Waals surface area (Å²) in [5.41, 5.74) is 14.4. The number of para-hydroxylation sites is 3. The minimum Gasteiger partial charge on any atom is -0.309 e. The van der Waals surface area contributed by atoms with E-state index in [0.29, 0.717) is 0 Å². The molecule has 11 rings (SSSR count). The van der Waals surface area contributed by atoms with Crippen molar-refractivity contribution in [2.75, 3.05) is 0 Å². The van der Waals surface area contributed by atoms with Crippen molar-refractivity contribution in [2.45, 2.75) is 0 Å². The monoisotopic (exact) mass is 584 g/mol. The van der Waals surface area contributed by atoms with Gasteiger partial charge < -0.3 is 4.57 Å². The summed E-state index contributed by atoms with van der Waals surface area (Å²) in [6.45, 7) is 0. The van der Waals surface area contributed by atoms with E-state index in [4.69, 9.17) is 9.97 Å². The summed E-state index contributed by atoms with van der Waals surface area (Å²) >= 11 is 0. The fraction of sp³-hybridized carbons (Fsp3) is 0. The molecule has 0 aliphatic heterocycles. The Balaban J connectivity index is 1.29. The number of nitrogens with zero attached hydrogens (tertiary/aromatic N) is 4. The van der Waals surface area contributed by atoms with Crippen LogP contribution in [0.15, 0.2) is 146 Å². The summed E-state index contributed by atoms with van der Waals surface area (Å²) in [6.07, 6.45) is 0. The molecule has 212 valence electrons. The Morgan fingerprint density at radius 1 is 0.391 bits per heavy atom. The van der Waals surface area contributed by atoms with Crippen molar-refractivity contribution < 1.29 is 0 Å². The molecule has 0 spiro atoms. The van der Waals surface area contributed by atoms with Gasteiger partial charge in [-0.2, -0.15) is 0 Å². The molecule has 1 aliphatic carbocycles. The van der Waals surface area contributed by atoms with E-state index in [1.807, 2.05) is 24.3 Å². The van der Waals surface area contributed by atoms with Gasteiger partial charge in [-0.15, -0.1) is 0 Å². The third-order valence-corrected chi connectivity index (χ3v) is 9.82. The molecule has 0 amide bonds. The first-order valence-electron chi connectivity index (χ1n) is 15.7. The van der Waals surface area contributed by atoms with E-state index in [-0.39, 0.29) is 0 Å². The van der Waals surface area contributed by atoms with Crippen molar-refractivity contribution in [2.24, 2.45) is 0 Å². The highest BCUT2D eigenvalue weighted by molar-refractivity contribution is 6.30. The van der Waals surface area contributed by atoms with Crippen LogP contribution in [-0.4, -0.2) is 19.1 Å². The normalized spacial score (nSPS) is 12.3. The number of hydrogen-bond acceptors (Lipinski definition) is 2. The highest BCUT2D eigenvalue weighted by Gasteiger charge is 2.25. The Morgan fingerprint density at radius 3 is 1.87 bits per heavy atom. The molecule has 7 aromatic carbocycles. The van der Waals surface area contributed by atoms with Crippen molar-refractivity contribution in [3.05, 3.63) is 146 Å². The Morgan fingerprint density at radius 2 is 1.04 bits per heavy atom. The van der Waals surface area contributed by atoms with Crippen LogP contribution < -0.4 is 0 Å². The zero-order chi connectivity index (χ0) is 29.9. The Kier molecular flexibility index (Phi) is 4.55. The molecular weight excluding hydrogens is 560 g/mol. The summed E-state index contributed by atoms with van der Waals surface area (Å²) in [5.74, 6) is 0. The van der Waals surface area contributed by atoms with Gasteiger partial charge in [-0.1, -0.05) is 91.0 Å². The minimum atomic E-state index is 0.864. The van der Waals surface area contributed by atoms with Crippen LogP contribution in [0.4, 0.5) is 0 Å². The molecule has 0 saturated heterocycles. The Bertz CT molecular complexity index is 2910. The molecular formula is C42H24N4. The van der Waals surface area contributed by atoms with Crippen LogP contribution in [0.3, 0.4) is 0 Å². The first-order valence-corrected chi connectivity index (χ1v) is 15.7. The Hall–Kier alpha value is -6.26. The average molecular weight is 585 g/mol. The maximum absolute atomic E-state index is 5.21. The quantitative estimate of drug-likeness (QED) is 0.203. The lowest BCUT2D eigenvalue weighted by atomic mass is 9.93. The highest BCUT2D eigenvalue weighted by atomic mass is 15.1. The predicted molar refractivity (Wildman–Crippen MR) is 190 cm³/mol. The molecule has 0 radical (unpaired) electrons. The molecule has 10 aromatic rings. The van der Waals surface area contributed by atoms with Crippen molar-refractivity contribution in [1.29, 1.82) is 0 Å². The van der Waals surface area contributed by atoms with Crippen LogP contribution in [0, 0.1) is 0 Å². The van der Waals surface area contributed by atoms with E-state index in [9.17, 15) is 0 Å². The summed E-state index contributed by atoms with van der Waals surface area (Å²) < 4.78 is 4.69. The molecule has 1 aliphatic rings. The summed E-state index contributed by atoms with van der Waals surface area (Å²) in [6, 6.07) is 52.3. The zero-order valence-corrected chi connectivity index (χ0v) is 24.6. The van der Waals surface area contributed by atoms with Crippen LogP contribution in [0.2, 0.25) is 0 Å². The van der Waals surface area contributed by atoms with E-state index in [1.165, 1.54) is 54.8 Å². The van der Waals surface area contributed by atoms with Crippen molar-refractivity contribution in [3.8, 4) is 33.6 Å². The maximum atomic E-state index is 5.21. The average Bonchev–Trinajstić information content (AvgIpc) is 3.58. The topological polar surface area (TPSA) is 35.6 Å². The van der Waals surface area contributed by atoms with Gasteiger partial charge in [0.15, 0.2) is 5.65 Å². The van der Waals surface area contributed by atoms with Crippen molar-refractivity contribution in [1.82, 2.24) is 19.1 Å². The van der Waals surface area contributed by atoms with Crippen LogP contribution >= 0.6 is 0 Å². The second kappa shape index (κ2) is 8.68. The second-order valence-electron chi connectivity index (χ2n) is 12.2. The third kappa shape index (κ3) is 3.03. The minimum absolute atomic E-state index is 0.864. The van der Waals surface area contributed by atoms with Crippen LogP contribution in [-0.2, 0) is 0 Å². The largest absolute Gasteiger partial charge is 0.309 e. The Labute approximate surface area is 263 Å². The second-order valence-corrected chi connectivity index (χ2v) is 12.2. The first-order chi connectivity index (χ1) is 22.8. The smallest absolute Gasteiger partial charge is 0.165 e. The molecule has 0 fully saturated rings. The van der Waals surface area contributed by atoms with Gasteiger partial charge in [0.2, 0.25) is 0 Å². The molecule has 46 heavy (non-hydrogen) atoms. The fourth-order valence-corrected chi connectivity index (χ4v) is 7.93. The number of rotatable bonds is 2. The lowest BCUT2D eigenvalue weighted by molar-refractivity contribution is 1.14. The van der Waals surface area contributed by atoms with Crippen LogP contribution in [0.25, 0.3) is 99.3 Å². The molecule has 0 N–H and O–H groups in total.